The summed E-state index contributed by atoms with van der Waals surface area (Å²) in [6, 6.07) is 5.69. The maximum absolute atomic E-state index is 11.9. The normalized spacial score (nSPS) is 17.1. The molecule has 0 aliphatic carbocycles. The largest absolute Gasteiger partial charge is 0.483 e. The minimum absolute atomic E-state index is 0.0340. The Balaban J connectivity index is 2.31. The van der Waals surface area contributed by atoms with Crippen LogP contribution < -0.4 is 4.74 Å². The van der Waals surface area contributed by atoms with Gasteiger partial charge in [0, 0.05) is 23.2 Å². The highest BCUT2D eigenvalue weighted by molar-refractivity contribution is 6.30. The number of rotatable bonds is 2. The number of benzene rings is 1. The minimum atomic E-state index is 0.0340. The lowest BCUT2D eigenvalue weighted by molar-refractivity contribution is -0.135. The molecule has 1 heterocycles. The number of halogens is 1. The first-order chi connectivity index (χ1) is 8.11. The Hall–Kier alpha value is -1.22. The van der Waals surface area contributed by atoms with E-state index < -0.39 is 0 Å². The lowest BCUT2D eigenvalue weighted by Gasteiger charge is -2.26. The molecule has 1 aliphatic rings. The number of amides is 1. The van der Waals surface area contributed by atoms with E-state index in [0.717, 1.165) is 17.7 Å². The first kappa shape index (κ1) is 12.2. The standard InChI is InChI=1S/C13H16ClNO2/c1-3-9(2)15-7-10-6-11(14)4-5-12(10)17-8-13(15)16/h4-6,9H,3,7-8H2,1-2H3/t9-/m0/s1. The Labute approximate surface area is 106 Å². The van der Waals surface area contributed by atoms with Crippen LogP contribution in [0, 0.1) is 0 Å². The molecule has 1 aliphatic heterocycles. The maximum Gasteiger partial charge on any atom is 0.261 e. The maximum atomic E-state index is 11.9. The fourth-order valence-electron chi connectivity index (χ4n) is 1.93. The summed E-state index contributed by atoms with van der Waals surface area (Å²) >= 11 is 5.97. The third kappa shape index (κ3) is 2.55. The van der Waals surface area contributed by atoms with Crippen LogP contribution in [0.4, 0.5) is 0 Å². The van der Waals surface area contributed by atoms with Crippen molar-refractivity contribution in [2.75, 3.05) is 6.61 Å². The third-order valence-corrected chi connectivity index (χ3v) is 3.39. The molecule has 4 heteroatoms. The summed E-state index contributed by atoms with van der Waals surface area (Å²) in [6.45, 7) is 4.80. The highest BCUT2D eigenvalue weighted by atomic mass is 35.5. The van der Waals surface area contributed by atoms with Crippen molar-refractivity contribution >= 4 is 17.5 Å². The molecule has 0 radical (unpaired) electrons. The Morgan fingerprint density at radius 3 is 3.00 bits per heavy atom. The number of nitrogens with zero attached hydrogens (tertiary/aromatic N) is 1. The molecule has 0 spiro atoms. The molecule has 2 rings (SSSR count). The third-order valence-electron chi connectivity index (χ3n) is 3.16. The van der Waals surface area contributed by atoms with Crippen molar-refractivity contribution in [3.8, 4) is 5.75 Å². The molecule has 0 N–H and O–H groups in total. The van der Waals surface area contributed by atoms with Crippen molar-refractivity contribution in [3.05, 3.63) is 28.8 Å². The van der Waals surface area contributed by atoms with Crippen LogP contribution in [0.5, 0.6) is 5.75 Å². The van der Waals surface area contributed by atoms with E-state index in [1.54, 1.807) is 6.07 Å². The molecular formula is C13H16ClNO2. The molecule has 0 aromatic heterocycles. The van der Waals surface area contributed by atoms with Crippen molar-refractivity contribution in [1.29, 1.82) is 0 Å². The van der Waals surface area contributed by atoms with Gasteiger partial charge >= 0.3 is 0 Å². The number of fused-ring (bicyclic) bond motifs is 1. The van der Waals surface area contributed by atoms with Crippen molar-refractivity contribution in [2.45, 2.75) is 32.9 Å². The van der Waals surface area contributed by atoms with Crippen LogP contribution in [0.25, 0.3) is 0 Å². The van der Waals surface area contributed by atoms with Gasteiger partial charge in [0.05, 0.1) is 0 Å². The second-order valence-electron chi connectivity index (χ2n) is 4.32. The predicted octanol–water partition coefficient (Wildman–Crippen LogP) is 2.86. The van der Waals surface area contributed by atoms with Gasteiger partial charge in [0.1, 0.15) is 5.75 Å². The number of ether oxygens (including phenoxy) is 1. The van der Waals surface area contributed by atoms with E-state index in [1.807, 2.05) is 24.0 Å². The second-order valence-corrected chi connectivity index (χ2v) is 4.76. The summed E-state index contributed by atoms with van der Waals surface area (Å²) in [5.41, 5.74) is 0.976. The number of hydrogen-bond donors (Lipinski definition) is 0. The summed E-state index contributed by atoms with van der Waals surface area (Å²) in [4.78, 5) is 13.8. The van der Waals surface area contributed by atoms with Crippen LogP contribution in [0.15, 0.2) is 18.2 Å². The molecule has 17 heavy (non-hydrogen) atoms. The number of carbonyl (C=O) groups excluding carboxylic acids is 1. The molecule has 0 unspecified atom stereocenters. The van der Waals surface area contributed by atoms with Gasteiger partial charge in [-0.3, -0.25) is 4.79 Å². The van der Waals surface area contributed by atoms with Crippen molar-refractivity contribution < 1.29 is 9.53 Å². The van der Waals surface area contributed by atoms with E-state index in [4.69, 9.17) is 16.3 Å². The van der Waals surface area contributed by atoms with Crippen molar-refractivity contribution in [2.24, 2.45) is 0 Å². The average molecular weight is 254 g/mol. The lowest BCUT2D eigenvalue weighted by Crippen LogP contribution is -2.39. The zero-order chi connectivity index (χ0) is 12.4. The van der Waals surface area contributed by atoms with E-state index in [0.29, 0.717) is 11.6 Å². The Kier molecular flexibility index (Phi) is 3.57. The Morgan fingerprint density at radius 2 is 2.29 bits per heavy atom. The van der Waals surface area contributed by atoms with Gasteiger partial charge in [-0.2, -0.15) is 0 Å². The van der Waals surface area contributed by atoms with E-state index in [2.05, 4.69) is 6.92 Å². The monoisotopic (exact) mass is 253 g/mol. The molecule has 0 fully saturated rings. The first-order valence-electron chi connectivity index (χ1n) is 5.82. The minimum Gasteiger partial charge on any atom is -0.483 e. The molecule has 1 amide bonds. The first-order valence-corrected chi connectivity index (χ1v) is 6.20. The van der Waals surface area contributed by atoms with E-state index in [-0.39, 0.29) is 18.6 Å². The second kappa shape index (κ2) is 4.96. The Bertz CT molecular complexity index is 433. The summed E-state index contributed by atoms with van der Waals surface area (Å²) in [6.07, 6.45) is 0.932. The van der Waals surface area contributed by atoms with Gasteiger partial charge in [-0.05, 0) is 31.5 Å². The van der Waals surface area contributed by atoms with Gasteiger partial charge in [-0.1, -0.05) is 18.5 Å². The van der Waals surface area contributed by atoms with Gasteiger partial charge in [-0.25, -0.2) is 0 Å². The van der Waals surface area contributed by atoms with Crippen LogP contribution in [0.3, 0.4) is 0 Å². The SMILES string of the molecule is CC[C@H](C)N1Cc2cc(Cl)ccc2OCC1=O. The summed E-state index contributed by atoms with van der Waals surface area (Å²) in [5, 5.41) is 0.672. The quantitative estimate of drug-likeness (QED) is 0.811. The molecule has 92 valence electrons. The van der Waals surface area contributed by atoms with Crippen LogP contribution in [-0.4, -0.2) is 23.5 Å². The highest BCUT2D eigenvalue weighted by Gasteiger charge is 2.24. The average Bonchev–Trinajstić information content (AvgIpc) is 2.48. The van der Waals surface area contributed by atoms with Crippen molar-refractivity contribution in [1.82, 2.24) is 4.90 Å². The molecule has 1 aromatic rings. The molecule has 0 saturated carbocycles. The van der Waals surface area contributed by atoms with Crippen LogP contribution >= 0.6 is 11.6 Å². The van der Waals surface area contributed by atoms with Gasteiger partial charge in [-0.15, -0.1) is 0 Å². The van der Waals surface area contributed by atoms with E-state index >= 15 is 0 Å². The zero-order valence-corrected chi connectivity index (χ0v) is 10.8. The van der Waals surface area contributed by atoms with E-state index in [9.17, 15) is 4.79 Å². The summed E-state index contributed by atoms with van der Waals surface area (Å²) in [7, 11) is 0. The molecule has 3 nitrogen and oxygen atoms in total. The topological polar surface area (TPSA) is 29.5 Å². The molecule has 0 bridgehead atoms. The fourth-order valence-corrected chi connectivity index (χ4v) is 2.12. The van der Waals surface area contributed by atoms with Crippen LogP contribution in [-0.2, 0) is 11.3 Å². The van der Waals surface area contributed by atoms with Crippen molar-refractivity contribution in [3.63, 3.8) is 0 Å². The molecule has 1 aromatic carbocycles. The van der Waals surface area contributed by atoms with E-state index in [1.165, 1.54) is 0 Å². The smallest absolute Gasteiger partial charge is 0.261 e. The highest BCUT2D eigenvalue weighted by Crippen LogP contribution is 2.27. The van der Waals surface area contributed by atoms with Gasteiger partial charge in [0.25, 0.3) is 5.91 Å². The lowest BCUT2D eigenvalue weighted by atomic mass is 10.1. The number of carbonyl (C=O) groups is 1. The fraction of sp³-hybridized carbons (Fsp3) is 0.462. The molecule has 1 atom stereocenters. The van der Waals surface area contributed by atoms with Gasteiger partial charge in [0.15, 0.2) is 6.61 Å². The number of hydrogen-bond acceptors (Lipinski definition) is 2. The molecular weight excluding hydrogens is 238 g/mol. The zero-order valence-electron chi connectivity index (χ0n) is 10.1. The van der Waals surface area contributed by atoms with Crippen LogP contribution in [0.2, 0.25) is 5.02 Å². The Morgan fingerprint density at radius 1 is 1.53 bits per heavy atom. The predicted molar refractivity (Wildman–Crippen MR) is 67.3 cm³/mol. The summed E-state index contributed by atoms with van der Waals surface area (Å²) in [5.74, 6) is 0.792. The summed E-state index contributed by atoms with van der Waals surface area (Å²) < 4.78 is 5.49. The van der Waals surface area contributed by atoms with Gasteiger partial charge in [0.2, 0.25) is 0 Å². The van der Waals surface area contributed by atoms with Gasteiger partial charge < -0.3 is 9.64 Å². The molecule has 0 saturated heterocycles. The van der Waals surface area contributed by atoms with Crippen LogP contribution in [0.1, 0.15) is 25.8 Å².